The Bertz CT molecular complexity index is 359. The van der Waals surface area contributed by atoms with Gasteiger partial charge in [0, 0.05) is 32.1 Å². The molecule has 0 radical (unpaired) electrons. The quantitative estimate of drug-likeness (QED) is 0.615. The van der Waals surface area contributed by atoms with Crippen molar-refractivity contribution < 1.29 is 19.8 Å². The van der Waals surface area contributed by atoms with E-state index in [9.17, 15) is 14.7 Å². The number of carboxylic acid groups (broad SMARTS) is 1. The molecule has 0 aromatic carbocycles. The SMILES string of the molecule is CN(CCNC(=O)N1C[C@H](O)C[C@@H]1C(=O)O)C1CC1. The fraction of sp³-hybridized carbons (Fsp3) is 0.833. The molecule has 0 bridgehead atoms. The number of β-amino-alcohol motifs (C(OH)–C–C–N with tert-alkyl or cyclic N) is 1. The molecule has 0 aromatic rings. The minimum Gasteiger partial charge on any atom is -0.480 e. The Morgan fingerprint density at radius 1 is 1.42 bits per heavy atom. The zero-order valence-corrected chi connectivity index (χ0v) is 11.1. The van der Waals surface area contributed by atoms with Crippen LogP contribution in [0, 0.1) is 0 Å². The molecule has 0 spiro atoms. The second-order valence-electron chi connectivity index (χ2n) is 5.34. The molecule has 2 fully saturated rings. The number of carboxylic acids is 1. The van der Waals surface area contributed by atoms with Gasteiger partial charge in [0.15, 0.2) is 0 Å². The van der Waals surface area contributed by atoms with Crippen molar-refractivity contribution in [2.45, 2.75) is 37.5 Å². The Morgan fingerprint density at radius 2 is 2.11 bits per heavy atom. The summed E-state index contributed by atoms with van der Waals surface area (Å²) in [7, 11) is 2.02. The average molecular weight is 271 g/mol. The number of rotatable bonds is 5. The van der Waals surface area contributed by atoms with Crippen molar-refractivity contribution in [1.29, 1.82) is 0 Å². The first-order valence-corrected chi connectivity index (χ1v) is 6.64. The third-order valence-corrected chi connectivity index (χ3v) is 3.74. The van der Waals surface area contributed by atoms with Crippen LogP contribution in [-0.2, 0) is 4.79 Å². The first-order chi connectivity index (χ1) is 8.99. The Labute approximate surface area is 112 Å². The van der Waals surface area contributed by atoms with E-state index in [0.717, 1.165) is 6.54 Å². The van der Waals surface area contributed by atoms with Crippen LogP contribution in [0.3, 0.4) is 0 Å². The number of carbonyl (C=O) groups is 2. The molecule has 19 heavy (non-hydrogen) atoms. The van der Waals surface area contributed by atoms with E-state index in [1.807, 2.05) is 7.05 Å². The van der Waals surface area contributed by atoms with Crippen LogP contribution in [0.5, 0.6) is 0 Å². The van der Waals surface area contributed by atoms with Crippen LogP contribution in [-0.4, -0.2) is 76.9 Å². The fourth-order valence-corrected chi connectivity index (χ4v) is 2.41. The second kappa shape index (κ2) is 5.75. The Balaban J connectivity index is 1.76. The van der Waals surface area contributed by atoms with Gasteiger partial charge in [0.2, 0.25) is 0 Å². The summed E-state index contributed by atoms with van der Waals surface area (Å²) >= 11 is 0. The van der Waals surface area contributed by atoms with Gasteiger partial charge in [-0.15, -0.1) is 0 Å². The van der Waals surface area contributed by atoms with Gasteiger partial charge in [-0.2, -0.15) is 0 Å². The summed E-state index contributed by atoms with van der Waals surface area (Å²) in [5.41, 5.74) is 0. The Hall–Kier alpha value is -1.34. The summed E-state index contributed by atoms with van der Waals surface area (Å²) in [5, 5.41) is 21.2. The van der Waals surface area contributed by atoms with Crippen LogP contribution >= 0.6 is 0 Å². The molecule has 3 N–H and O–H groups in total. The van der Waals surface area contributed by atoms with E-state index in [4.69, 9.17) is 5.11 Å². The second-order valence-corrected chi connectivity index (χ2v) is 5.34. The number of carbonyl (C=O) groups excluding carboxylic acids is 1. The van der Waals surface area contributed by atoms with Gasteiger partial charge < -0.3 is 25.3 Å². The number of nitrogens with one attached hydrogen (secondary N) is 1. The third kappa shape index (κ3) is 3.57. The van der Waals surface area contributed by atoms with Crippen molar-refractivity contribution in [3.8, 4) is 0 Å². The number of aliphatic carboxylic acids is 1. The molecule has 1 heterocycles. The van der Waals surface area contributed by atoms with Crippen LogP contribution in [0.2, 0.25) is 0 Å². The maximum Gasteiger partial charge on any atom is 0.326 e. The molecule has 1 saturated carbocycles. The summed E-state index contributed by atoms with van der Waals surface area (Å²) < 4.78 is 0. The molecule has 108 valence electrons. The molecule has 2 rings (SSSR count). The lowest BCUT2D eigenvalue weighted by Crippen LogP contribution is -2.47. The van der Waals surface area contributed by atoms with Gasteiger partial charge >= 0.3 is 12.0 Å². The molecule has 1 aliphatic heterocycles. The number of amides is 2. The van der Waals surface area contributed by atoms with Gasteiger partial charge in [0.25, 0.3) is 0 Å². The topological polar surface area (TPSA) is 93.1 Å². The van der Waals surface area contributed by atoms with E-state index < -0.39 is 24.1 Å². The van der Waals surface area contributed by atoms with Crippen molar-refractivity contribution >= 4 is 12.0 Å². The number of aliphatic hydroxyl groups is 1. The molecule has 7 nitrogen and oxygen atoms in total. The minimum absolute atomic E-state index is 0.0846. The number of aliphatic hydroxyl groups excluding tert-OH is 1. The first-order valence-electron chi connectivity index (χ1n) is 6.64. The zero-order valence-electron chi connectivity index (χ0n) is 11.1. The van der Waals surface area contributed by atoms with E-state index in [1.54, 1.807) is 0 Å². The molecule has 7 heteroatoms. The van der Waals surface area contributed by atoms with E-state index in [0.29, 0.717) is 12.6 Å². The van der Waals surface area contributed by atoms with Gasteiger partial charge in [-0.3, -0.25) is 0 Å². The molecule has 0 unspecified atom stereocenters. The molecule has 0 aromatic heterocycles. The zero-order chi connectivity index (χ0) is 14.0. The summed E-state index contributed by atoms with van der Waals surface area (Å²) in [5.74, 6) is -1.07. The number of urea groups is 1. The van der Waals surface area contributed by atoms with E-state index in [1.165, 1.54) is 17.7 Å². The maximum absolute atomic E-state index is 11.9. The van der Waals surface area contributed by atoms with Crippen molar-refractivity contribution in [3.63, 3.8) is 0 Å². The van der Waals surface area contributed by atoms with Crippen molar-refractivity contribution in [2.75, 3.05) is 26.7 Å². The highest BCUT2D eigenvalue weighted by molar-refractivity contribution is 5.83. The standard InChI is InChI=1S/C12H21N3O4/c1-14(8-2-3-8)5-4-13-12(19)15-7-9(16)6-10(15)11(17)18/h8-10,16H,2-7H2,1H3,(H,13,19)(H,17,18)/t9-,10-/m1/s1. The van der Waals surface area contributed by atoms with Crippen LogP contribution in [0.25, 0.3) is 0 Å². The number of nitrogens with zero attached hydrogens (tertiary/aromatic N) is 2. The summed E-state index contributed by atoms with van der Waals surface area (Å²) in [4.78, 5) is 26.3. The molecule has 1 saturated heterocycles. The van der Waals surface area contributed by atoms with Crippen LogP contribution in [0.4, 0.5) is 4.79 Å². The highest BCUT2D eigenvalue weighted by atomic mass is 16.4. The minimum atomic E-state index is -1.07. The van der Waals surface area contributed by atoms with Crippen molar-refractivity contribution in [3.05, 3.63) is 0 Å². The average Bonchev–Trinajstić information content (AvgIpc) is 3.11. The van der Waals surface area contributed by atoms with Crippen molar-refractivity contribution in [1.82, 2.24) is 15.1 Å². The van der Waals surface area contributed by atoms with Gasteiger partial charge in [0.1, 0.15) is 6.04 Å². The number of hydrogen-bond donors (Lipinski definition) is 3. The van der Waals surface area contributed by atoms with E-state index in [-0.39, 0.29) is 13.0 Å². The highest BCUT2D eigenvalue weighted by Crippen LogP contribution is 2.24. The summed E-state index contributed by atoms with van der Waals surface area (Å²) in [6.07, 6.45) is 1.78. The Kier molecular flexibility index (Phi) is 4.26. The van der Waals surface area contributed by atoms with Gasteiger partial charge in [-0.05, 0) is 19.9 Å². The normalized spacial score (nSPS) is 26.8. The number of hydrogen-bond acceptors (Lipinski definition) is 4. The molecular formula is C12H21N3O4. The smallest absolute Gasteiger partial charge is 0.326 e. The van der Waals surface area contributed by atoms with E-state index in [2.05, 4.69) is 10.2 Å². The lowest BCUT2D eigenvalue weighted by atomic mass is 10.2. The summed E-state index contributed by atoms with van der Waals surface area (Å²) in [6, 6.07) is -0.693. The van der Waals surface area contributed by atoms with Crippen LogP contribution in [0.1, 0.15) is 19.3 Å². The van der Waals surface area contributed by atoms with Crippen LogP contribution in [0.15, 0.2) is 0 Å². The molecule has 2 atom stereocenters. The Morgan fingerprint density at radius 3 is 2.68 bits per heavy atom. The molecule has 1 aliphatic carbocycles. The fourth-order valence-electron chi connectivity index (χ4n) is 2.41. The predicted octanol–water partition coefficient (Wildman–Crippen LogP) is -0.690. The maximum atomic E-state index is 11.9. The van der Waals surface area contributed by atoms with E-state index >= 15 is 0 Å². The monoisotopic (exact) mass is 271 g/mol. The van der Waals surface area contributed by atoms with Gasteiger partial charge in [-0.1, -0.05) is 0 Å². The third-order valence-electron chi connectivity index (χ3n) is 3.74. The summed E-state index contributed by atoms with van der Waals surface area (Å²) in [6.45, 7) is 1.33. The highest BCUT2D eigenvalue weighted by Gasteiger charge is 2.38. The van der Waals surface area contributed by atoms with Crippen LogP contribution < -0.4 is 5.32 Å². The number of likely N-dealkylation sites (tertiary alicyclic amines) is 1. The predicted molar refractivity (Wildman–Crippen MR) is 67.8 cm³/mol. The first kappa shape index (κ1) is 14.1. The van der Waals surface area contributed by atoms with Gasteiger partial charge in [0.05, 0.1) is 6.10 Å². The lowest BCUT2D eigenvalue weighted by molar-refractivity contribution is -0.141. The molecule has 2 amide bonds. The lowest BCUT2D eigenvalue weighted by Gasteiger charge is -2.22. The van der Waals surface area contributed by atoms with Gasteiger partial charge in [-0.25, -0.2) is 9.59 Å². The molecular weight excluding hydrogens is 250 g/mol. The number of likely N-dealkylation sites (N-methyl/N-ethyl adjacent to an activating group) is 1. The molecule has 2 aliphatic rings. The largest absolute Gasteiger partial charge is 0.480 e. The van der Waals surface area contributed by atoms with Crippen molar-refractivity contribution in [2.24, 2.45) is 0 Å².